The topological polar surface area (TPSA) is 122 Å². The predicted molar refractivity (Wildman–Crippen MR) is 158 cm³/mol. The van der Waals surface area contributed by atoms with Gasteiger partial charge in [-0.3, -0.25) is 9.59 Å². The van der Waals surface area contributed by atoms with Crippen molar-refractivity contribution >= 4 is 38.9 Å². The number of nitrogens with one attached hydrogen (secondary N) is 4. The summed E-state index contributed by atoms with van der Waals surface area (Å²) in [7, 11) is 2.10. The molecule has 10 nitrogen and oxygen atoms in total. The van der Waals surface area contributed by atoms with Crippen LogP contribution in [0.25, 0.3) is 0 Å². The Balaban J connectivity index is 1.12. The van der Waals surface area contributed by atoms with Crippen molar-refractivity contribution in [3.63, 3.8) is 0 Å². The highest BCUT2D eigenvalue weighted by Crippen LogP contribution is 2.41. The summed E-state index contributed by atoms with van der Waals surface area (Å²) >= 11 is 3.06. The number of aromatic amines is 1. The van der Waals surface area contributed by atoms with E-state index in [1.807, 2.05) is 17.0 Å². The van der Waals surface area contributed by atoms with Crippen molar-refractivity contribution in [3.8, 4) is 5.75 Å². The van der Waals surface area contributed by atoms with E-state index in [9.17, 15) is 23.5 Å². The van der Waals surface area contributed by atoms with E-state index in [2.05, 4.69) is 48.8 Å². The monoisotopic (exact) mass is 644 g/mol. The number of ether oxygens (including phenoxy) is 1. The van der Waals surface area contributed by atoms with E-state index in [0.29, 0.717) is 29.4 Å². The number of piperidine rings is 1. The highest BCUT2D eigenvalue weighted by molar-refractivity contribution is 9.10. The quantitative estimate of drug-likeness (QED) is 0.251. The van der Waals surface area contributed by atoms with Crippen LogP contribution in [0.3, 0.4) is 0 Å². The predicted octanol–water partition coefficient (Wildman–Crippen LogP) is 3.85. The highest BCUT2D eigenvalue weighted by Gasteiger charge is 2.36. The minimum atomic E-state index is -1.07. The molecule has 0 bridgehead atoms. The molecule has 1 saturated heterocycles. The summed E-state index contributed by atoms with van der Waals surface area (Å²) in [5.74, 6) is -1.81. The van der Waals surface area contributed by atoms with Crippen LogP contribution in [0.5, 0.6) is 5.75 Å². The minimum Gasteiger partial charge on any atom is -0.487 e. The van der Waals surface area contributed by atoms with E-state index in [-0.39, 0.29) is 40.9 Å². The summed E-state index contributed by atoms with van der Waals surface area (Å²) in [5.41, 5.74) is 3.67. The lowest BCUT2D eigenvalue weighted by atomic mass is 10.0. The van der Waals surface area contributed by atoms with Crippen LogP contribution in [-0.4, -0.2) is 71.2 Å². The first-order chi connectivity index (χ1) is 20.2. The highest BCUT2D eigenvalue weighted by atomic mass is 79.9. The summed E-state index contributed by atoms with van der Waals surface area (Å²) in [4.78, 5) is 33.2. The first kappa shape index (κ1) is 28.4. The van der Waals surface area contributed by atoms with Gasteiger partial charge in [-0.2, -0.15) is 0 Å². The first-order valence-electron chi connectivity index (χ1n) is 13.8. The molecule has 13 heteroatoms. The molecule has 0 saturated carbocycles. The third-order valence-corrected chi connectivity index (χ3v) is 8.59. The lowest BCUT2D eigenvalue weighted by Crippen LogP contribution is -2.43. The number of hydrogen-bond donors (Lipinski definition) is 5. The Hall–Kier alpha value is -3.68. The van der Waals surface area contributed by atoms with Gasteiger partial charge in [-0.25, -0.2) is 8.78 Å². The lowest BCUT2D eigenvalue weighted by Gasteiger charge is -2.34. The van der Waals surface area contributed by atoms with Gasteiger partial charge in [0.2, 0.25) is 0 Å². The van der Waals surface area contributed by atoms with Gasteiger partial charge in [0.05, 0.1) is 21.4 Å². The number of hydrogen-bond acceptors (Lipinski definition) is 8. The largest absolute Gasteiger partial charge is 0.487 e. The zero-order chi connectivity index (χ0) is 29.5. The average molecular weight is 646 g/mol. The van der Waals surface area contributed by atoms with Gasteiger partial charge in [0, 0.05) is 42.6 Å². The zero-order valence-electron chi connectivity index (χ0n) is 22.8. The second-order valence-electron chi connectivity index (χ2n) is 10.9. The molecule has 222 valence electrons. The first-order valence-corrected chi connectivity index (χ1v) is 14.6. The Bertz CT molecular complexity index is 1560. The smallest absolute Gasteiger partial charge is 0.257 e. The van der Waals surface area contributed by atoms with Crippen LogP contribution in [-0.2, 0) is 6.54 Å². The fourth-order valence-corrected chi connectivity index (χ4v) is 6.30. The average Bonchev–Trinajstić information content (AvgIpc) is 3.50. The maximum absolute atomic E-state index is 14.0. The molecule has 6 rings (SSSR count). The van der Waals surface area contributed by atoms with E-state index in [1.54, 1.807) is 6.07 Å². The van der Waals surface area contributed by atoms with Gasteiger partial charge in [0.1, 0.15) is 24.7 Å². The Morgan fingerprint density at radius 2 is 1.88 bits per heavy atom. The Labute approximate surface area is 249 Å². The number of benzene rings is 2. The van der Waals surface area contributed by atoms with Crippen LogP contribution in [0, 0.1) is 11.6 Å². The van der Waals surface area contributed by atoms with Crippen LogP contribution in [0.1, 0.15) is 40.5 Å². The molecule has 3 aliphatic rings. The maximum Gasteiger partial charge on any atom is 0.257 e. The summed E-state index contributed by atoms with van der Waals surface area (Å²) in [6, 6.07) is 7.51. The number of carbonyl (C=O) groups excluding carboxylic acids is 1. The molecule has 3 aliphatic heterocycles. The fraction of sp³-hybridized carbons (Fsp3) is 0.379. The van der Waals surface area contributed by atoms with Crippen molar-refractivity contribution in [2.24, 2.45) is 0 Å². The Morgan fingerprint density at radius 3 is 2.62 bits per heavy atom. The van der Waals surface area contributed by atoms with E-state index < -0.39 is 23.9 Å². The van der Waals surface area contributed by atoms with Gasteiger partial charge < -0.3 is 40.6 Å². The van der Waals surface area contributed by atoms with Gasteiger partial charge in [-0.1, -0.05) is 0 Å². The number of nitrogens with zero attached hydrogens (tertiary/aromatic N) is 2. The summed E-state index contributed by atoms with van der Waals surface area (Å²) in [6.45, 7) is 2.24. The van der Waals surface area contributed by atoms with Crippen molar-refractivity contribution in [2.45, 2.75) is 37.7 Å². The SMILES string of the molecule is CN1CCC(N2Cc3cc4c(cc3C2=O)NC(c2c(NCC(O)COc3c(F)cc(F)cc3Br)cc[nH]c2=O)N4)CC1. The van der Waals surface area contributed by atoms with Gasteiger partial charge in [-0.15, -0.1) is 0 Å². The maximum atomic E-state index is 14.0. The molecule has 0 aliphatic carbocycles. The number of pyridine rings is 1. The lowest BCUT2D eigenvalue weighted by molar-refractivity contribution is 0.0617. The second kappa shape index (κ2) is 11.5. The van der Waals surface area contributed by atoms with E-state index >= 15 is 0 Å². The van der Waals surface area contributed by atoms with Crippen molar-refractivity contribution < 1.29 is 23.4 Å². The minimum absolute atomic E-state index is 0.00779. The molecular weight excluding hydrogens is 614 g/mol. The van der Waals surface area contributed by atoms with Crippen LogP contribution in [0.4, 0.5) is 25.8 Å². The van der Waals surface area contributed by atoms with E-state index in [1.165, 1.54) is 6.20 Å². The van der Waals surface area contributed by atoms with Crippen LogP contribution >= 0.6 is 15.9 Å². The number of aromatic nitrogens is 1. The normalized spacial score (nSPS) is 19.2. The molecule has 4 heterocycles. The second-order valence-corrected chi connectivity index (χ2v) is 11.8. The number of anilines is 3. The number of halogens is 3. The molecule has 0 spiro atoms. The van der Waals surface area contributed by atoms with Crippen molar-refractivity contribution in [2.75, 3.05) is 49.2 Å². The van der Waals surface area contributed by atoms with Gasteiger partial charge in [-0.05, 0) is 78.7 Å². The molecule has 2 aromatic carbocycles. The van der Waals surface area contributed by atoms with E-state index in [0.717, 1.165) is 48.9 Å². The van der Waals surface area contributed by atoms with Crippen molar-refractivity contribution in [1.82, 2.24) is 14.8 Å². The Morgan fingerprint density at radius 1 is 1.14 bits per heavy atom. The number of aliphatic hydroxyl groups is 1. The molecule has 1 fully saturated rings. The number of amides is 1. The molecule has 5 N–H and O–H groups in total. The van der Waals surface area contributed by atoms with Crippen LogP contribution in [0.2, 0.25) is 0 Å². The summed E-state index contributed by atoms with van der Waals surface area (Å²) in [5, 5.41) is 20.2. The van der Waals surface area contributed by atoms with Gasteiger partial charge >= 0.3 is 0 Å². The Kier molecular flexibility index (Phi) is 7.81. The zero-order valence-corrected chi connectivity index (χ0v) is 24.4. The number of rotatable bonds is 8. The summed E-state index contributed by atoms with van der Waals surface area (Å²) in [6.07, 6.45) is 1.75. The number of fused-ring (bicyclic) bond motifs is 2. The third kappa shape index (κ3) is 5.55. The molecule has 42 heavy (non-hydrogen) atoms. The number of likely N-dealkylation sites (tertiary alicyclic amines) is 1. The molecule has 2 unspecified atom stereocenters. The van der Waals surface area contributed by atoms with Crippen LogP contribution < -0.4 is 26.2 Å². The van der Waals surface area contributed by atoms with Crippen molar-refractivity contribution in [3.05, 3.63) is 79.7 Å². The van der Waals surface area contributed by atoms with Crippen molar-refractivity contribution in [1.29, 1.82) is 0 Å². The standard InChI is InChI=1S/C29H31BrF2N6O4/c1-37-6-3-17(4-7-37)38-13-15-8-23-24(11-19(15)29(38)41)36-27(35-23)25-22(2-5-33-28(25)40)34-12-18(39)14-42-26-20(30)9-16(31)10-21(26)32/h2,5,8-11,17-18,27,35-36,39H,3-4,6-7,12-14H2,1H3,(H2,33,34,40). The number of aliphatic hydroxyl groups excluding tert-OH is 1. The fourth-order valence-electron chi connectivity index (χ4n) is 5.78. The van der Waals surface area contributed by atoms with Gasteiger partial charge in [0.15, 0.2) is 11.6 Å². The third-order valence-electron chi connectivity index (χ3n) is 8.00. The van der Waals surface area contributed by atoms with Crippen LogP contribution in [0.15, 0.2) is 45.8 Å². The molecule has 1 amide bonds. The molecule has 1 aromatic heterocycles. The van der Waals surface area contributed by atoms with Gasteiger partial charge in [0.25, 0.3) is 11.5 Å². The molecule has 0 radical (unpaired) electrons. The molecule has 3 aromatic rings. The molecule has 2 atom stereocenters. The summed E-state index contributed by atoms with van der Waals surface area (Å²) < 4.78 is 32.8. The number of H-pyrrole nitrogens is 1. The van der Waals surface area contributed by atoms with E-state index in [4.69, 9.17) is 4.74 Å². The number of carbonyl (C=O) groups is 1. The molecular formula is C29H31BrF2N6O4.